The van der Waals surface area contributed by atoms with Gasteiger partial charge in [-0.2, -0.15) is 0 Å². The molecule has 0 saturated carbocycles. The van der Waals surface area contributed by atoms with Crippen molar-refractivity contribution in [3.05, 3.63) is 70.3 Å². The van der Waals surface area contributed by atoms with Crippen LogP contribution in [-0.2, 0) is 4.74 Å². The van der Waals surface area contributed by atoms with Crippen molar-refractivity contribution in [3.63, 3.8) is 0 Å². The Hall–Kier alpha value is -2.70. The lowest BCUT2D eigenvalue weighted by Gasteiger charge is -2.09. The molecule has 0 aliphatic carbocycles. The predicted octanol–water partition coefficient (Wildman–Crippen LogP) is 4.89. The Kier molecular flexibility index (Phi) is 5.65. The lowest BCUT2D eigenvalue weighted by atomic mass is 10.0. The average molecular weight is 387 g/mol. The molecule has 0 aliphatic heterocycles. The van der Waals surface area contributed by atoms with Crippen molar-refractivity contribution in [1.29, 1.82) is 0 Å². The van der Waals surface area contributed by atoms with E-state index in [0.717, 1.165) is 5.56 Å². The Labute approximate surface area is 159 Å². The Balaban J connectivity index is 1.98. The van der Waals surface area contributed by atoms with E-state index in [0.29, 0.717) is 26.7 Å². The number of hydrogen-bond acceptors (Lipinski definition) is 5. The molecule has 3 aromatic rings. The number of nitrogens with one attached hydrogen (secondary N) is 1. The molecule has 0 spiro atoms. The molecule has 0 bridgehead atoms. The van der Waals surface area contributed by atoms with Gasteiger partial charge in [0.05, 0.1) is 12.2 Å². The standard InChI is InChI=1S/C19H15ClN2O3S/c1-2-25-19(24)16-15(12-5-7-14(20)8-6-12)11-26-18(16)22-17(23)13-4-3-9-21-10-13/h3-11H,2H2,1H3,(H,22,23). The minimum absolute atomic E-state index is 0.241. The molecule has 1 amide bonds. The van der Waals surface area contributed by atoms with E-state index in [9.17, 15) is 9.59 Å². The summed E-state index contributed by atoms with van der Waals surface area (Å²) in [5.41, 5.74) is 2.24. The molecular weight excluding hydrogens is 372 g/mol. The van der Waals surface area contributed by atoms with E-state index in [1.807, 2.05) is 17.5 Å². The molecular formula is C19H15ClN2O3S. The van der Waals surface area contributed by atoms with Gasteiger partial charge in [0.25, 0.3) is 5.91 Å². The first-order chi connectivity index (χ1) is 12.6. The van der Waals surface area contributed by atoms with E-state index in [1.165, 1.54) is 17.5 Å². The highest BCUT2D eigenvalue weighted by molar-refractivity contribution is 7.15. The number of halogens is 1. The Morgan fingerprint density at radius 3 is 2.65 bits per heavy atom. The minimum atomic E-state index is -0.486. The third-order valence-corrected chi connectivity index (χ3v) is 4.72. The van der Waals surface area contributed by atoms with Crippen molar-refractivity contribution >= 4 is 39.8 Å². The maximum Gasteiger partial charge on any atom is 0.341 e. The molecule has 5 nitrogen and oxygen atoms in total. The molecule has 2 heterocycles. The summed E-state index contributed by atoms with van der Waals surface area (Å²) in [5, 5.41) is 5.63. The Morgan fingerprint density at radius 2 is 2.00 bits per heavy atom. The number of rotatable bonds is 5. The third kappa shape index (κ3) is 3.92. The van der Waals surface area contributed by atoms with Crippen LogP contribution in [-0.4, -0.2) is 23.5 Å². The van der Waals surface area contributed by atoms with Crippen LogP contribution in [0.3, 0.4) is 0 Å². The molecule has 0 radical (unpaired) electrons. The van der Waals surface area contributed by atoms with Gasteiger partial charge >= 0.3 is 5.97 Å². The van der Waals surface area contributed by atoms with Crippen LogP contribution in [0.4, 0.5) is 5.00 Å². The van der Waals surface area contributed by atoms with Gasteiger partial charge in [0.1, 0.15) is 10.6 Å². The van der Waals surface area contributed by atoms with Crippen molar-refractivity contribution < 1.29 is 14.3 Å². The quantitative estimate of drug-likeness (QED) is 0.634. The molecule has 26 heavy (non-hydrogen) atoms. The Bertz CT molecular complexity index is 924. The molecule has 7 heteroatoms. The minimum Gasteiger partial charge on any atom is -0.462 e. The van der Waals surface area contributed by atoms with E-state index in [-0.39, 0.29) is 12.5 Å². The van der Waals surface area contributed by atoms with E-state index in [1.54, 1.807) is 37.4 Å². The van der Waals surface area contributed by atoms with Crippen LogP contribution in [0.5, 0.6) is 0 Å². The molecule has 3 rings (SSSR count). The maximum absolute atomic E-state index is 12.5. The molecule has 0 unspecified atom stereocenters. The van der Waals surface area contributed by atoms with Crippen molar-refractivity contribution in [2.45, 2.75) is 6.92 Å². The average Bonchev–Trinajstić information content (AvgIpc) is 3.07. The molecule has 0 saturated heterocycles. The van der Waals surface area contributed by atoms with E-state index < -0.39 is 5.97 Å². The number of thiophene rings is 1. The monoisotopic (exact) mass is 386 g/mol. The number of benzene rings is 1. The third-order valence-electron chi connectivity index (χ3n) is 3.58. The zero-order chi connectivity index (χ0) is 18.5. The lowest BCUT2D eigenvalue weighted by Crippen LogP contribution is -2.15. The lowest BCUT2D eigenvalue weighted by molar-refractivity contribution is 0.0529. The van der Waals surface area contributed by atoms with Crippen LogP contribution in [0.2, 0.25) is 5.02 Å². The summed E-state index contributed by atoms with van der Waals surface area (Å²) >= 11 is 7.21. The largest absolute Gasteiger partial charge is 0.462 e. The summed E-state index contributed by atoms with van der Waals surface area (Å²) in [7, 11) is 0. The molecule has 132 valence electrons. The van der Waals surface area contributed by atoms with Crippen LogP contribution in [0, 0.1) is 0 Å². The second-order valence-corrected chi connectivity index (χ2v) is 6.59. The van der Waals surface area contributed by atoms with Crippen LogP contribution in [0.25, 0.3) is 11.1 Å². The molecule has 0 aliphatic rings. The zero-order valence-corrected chi connectivity index (χ0v) is 15.4. The summed E-state index contributed by atoms with van der Waals surface area (Å²) in [4.78, 5) is 28.9. The second kappa shape index (κ2) is 8.12. The fraction of sp³-hybridized carbons (Fsp3) is 0.105. The van der Waals surface area contributed by atoms with Crippen LogP contribution < -0.4 is 5.32 Å². The first kappa shape index (κ1) is 18.1. The van der Waals surface area contributed by atoms with Crippen LogP contribution in [0.15, 0.2) is 54.2 Å². The number of esters is 1. The van der Waals surface area contributed by atoms with Gasteiger partial charge in [0, 0.05) is 28.4 Å². The number of aromatic nitrogens is 1. The highest BCUT2D eigenvalue weighted by Crippen LogP contribution is 2.36. The molecule has 0 fully saturated rings. The van der Waals surface area contributed by atoms with Gasteiger partial charge in [-0.25, -0.2) is 4.79 Å². The molecule has 0 atom stereocenters. The van der Waals surface area contributed by atoms with Gasteiger partial charge in [-0.1, -0.05) is 23.7 Å². The number of carbonyl (C=O) groups is 2. The number of hydrogen-bond donors (Lipinski definition) is 1. The normalized spacial score (nSPS) is 10.4. The second-order valence-electron chi connectivity index (χ2n) is 5.28. The number of anilines is 1. The topological polar surface area (TPSA) is 68.3 Å². The van der Waals surface area contributed by atoms with Crippen LogP contribution in [0.1, 0.15) is 27.6 Å². The summed E-state index contributed by atoms with van der Waals surface area (Å²) < 4.78 is 5.18. The highest BCUT2D eigenvalue weighted by atomic mass is 35.5. The van der Waals surface area contributed by atoms with Crippen LogP contribution >= 0.6 is 22.9 Å². The molecule has 1 aromatic carbocycles. The van der Waals surface area contributed by atoms with Gasteiger partial charge in [-0.3, -0.25) is 9.78 Å². The van der Waals surface area contributed by atoms with Gasteiger partial charge in [0.2, 0.25) is 0 Å². The number of amides is 1. The number of pyridine rings is 1. The zero-order valence-electron chi connectivity index (χ0n) is 13.9. The predicted molar refractivity (Wildman–Crippen MR) is 103 cm³/mol. The van der Waals surface area contributed by atoms with E-state index in [2.05, 4.69) is 10.3 Å². The SMILES string of the molecule is CCOC(=O)c1c(-c2ccc(Cl)cc2)csc1NC(=O)c1cccnc1. The summed E-state index contributed by atoms with van der Waals surface area (Å²) in [5.74, 6) is -0.826. The summed E-state index contributed by atoms with van der Waals surface area (Å²) in [6.45, 7) is 1.98. The van der Waals surface area contributed by atoms with Crippen molar-refractivity contribution in [2.75, 3.05) is 11.9 Å². The number of carbonyl (C=O) groups excluding carboxylic acids is 2. The maximum atomic E-state index is 12.5. The van der Waals surface area contributed by atoms with E-state index in [4.69, 9.17) is 16.3 Å². The first-order valence-corrected chi connectivity index (χ1v) is 9.12. The fourth-order valence-electron chi connectivity index (χ4n) is 2.37. The van der Waals surface area contributed by atoms with Crippen molar-refractivity contribution in [3.8, 4) is 11.1 Å². The fourth-order valence-corrected chi connectivity index (χ4v) is 3.45. The molecule has 2 aromatic heterocycles. The Morgan fingerprint density at radius 1 is 1.23 bits per heavy atom. The van der Waals surface area contributed by atoms with Gasteiger partial charge in [0.15, 0.2) is 0 Å². The van der Waals surface area contributed by atoms with E-state index >= 15 is 0 Å². The van der Waals surface area contributed by atoms with Gasteiger partial charge in [-0.05, 0) is 36.8 Å². The van der Waals surface area contributed by atoms with Crippen molar-refractivity contribution in [2.24, 2.45) is 0 Å². The molecule has 1 N–H and O–H groups in total. The number of ether oxygens (including phenoxy) is 1. The smallest absolute Gasteiger partial charge is 0.341 e. The van der Waals surface area contributed by atoms with Gasteiger partial charge in [-0.15, -0.1) is 11.3 Å². The van der Waals surface area contributed by atoms with Gasteiger partial charge < -0.3 is 10.1 Å². The highest BCUT2D eigenvalue weighted by Gasteiger charge is 2.23. The summed E-state index contributed by atoms with van der Waals surface area (Å²) in [6, 6.07) is 10.5. The first-order valence-electron chi connectivity index (χ1n) is 7.86. The number of nitrogens with zero attached hydrogens (tertiary/aromatic N) is 1. The summed E-state index contributed by atoms with van der Waals surface area (Å²) in [6.07, 6.45) is 3.05. The van der Waals surface area contributed by atoms with Crippen molar-refractivity contribution in [1.82, 2.24) is 4.98 Å².